The number of carbonyl (C=O) groups is 1. The first-order valence-electron chi connectivity index (χ1n) is 5.13. The van der Waals surface area contributed by atoms with Crippen LogP contribution in [0.2, 0.25) is 0 Å². The predicted octanol–water partition coefficient (Wildman–Crippen LogP) is 0.635. The highest BCUT2D eigenvalue weighted by molar-refractivity contribution is 5.81. The van der Waals surface area contributed by atoms with Gasteiger partial charge in [-0.2, -0.15) is 0 Å². The highest BCUT2D eigenvalue weighted by atomic mass is 16.1. The number of ketones is 1. The minimum atomic E-state index is -0.223. The Bertz CT molecular complexity index is 174. The van der Waals surface area contributed by atoms with Crippen molar-refractivity contribution in [2.24, 2.45) is 11.7 Å². The minimum Gasteiger partial charge on any atom is -0.321 e. The van der Waals surface area contributed by atoms with Crippen molar-refractivity contribution >= 4 is 5.78 Å². The standard InChI is InChI=1S/C10H20N2O/c1-3-12-6-4-9(5-7-12)10(11)8(2)13/h9-10H,3-7,11H2,1-2H3. The fraction of sp³-hybridized carbons (Fsp3) is 0.900. The van der Waals surface area contributed by atoms with Crippen molar-refractivity contribution in [2.75, 3.05) is 19.6 Å². The van der Waals surface area contributed by atoms with Crippen LogP contribution in [-0.4, -0.2) is 36.4 Å². The second-order valence-corrected chi connectivity index (χ2v) is 3.91. The van der Waals surface area contributed by atoms with E-state index in [1.807, 2.05) is 0 Å². The Kier molecular flexibility index (Phi) is 3.88. The van der Waals surface area contributed by atoms with Crippen LogP contribution >= 0.6 is 0 Å². The topological polar surface area (TPSA) is 46.3 Å². The lowest BCUT2D eigenvalue weighted by atomic mass is 9.88. The number of carbonyl (C=O) groups excluding carboxylic acids is 1. The van der Waals surface area contributed by atoms with Crippen LogP contribution in [0.4, 0.5) is 0 Å². The van der Waals surface area contributed by atoms with Gasteiger partial charge in [0.15, 0.2) is 0 Å². The van der Waals surface area contributed by atoms with Gasteiger partial charge < -0.3 is 10.6 Å². The van der Waals surface area contributed by atoms with Crippen molar-refractivity contribution in [3.63, 3.8) is 0 Å². The van der Waals surface area contributed by atoms with Gasteiger partial charge in [-0.1, -0.05) is 6.92 Å². The molecule has 0 aromatic heterocycles. The Hall–Kier alpha value is -0.410. The molecule has 3 heteroatoms. The van der Waals surface area contributed by atoms with Crippen LogP contribution in [0.25, 0.3) is 0 Å². The summed E-state index contributed by atoms with van der Waals surface area (Å²) in [5.41, 5.74) is 5.81. The van der Waals surface area contributed by atoms with Crippen molar-refractivity contribution < 1.29 is 4.79 Å². The molecule has 0 radical (unpaired) electrons. The quantitative estimate of drug-likeness (QED) is 0.700. The molecule has 3 nitrogen and oxygen atoms in total. The summed E-state index contributed by atoms with van der Waals surface area (Å²) in [6.45, 7) is 7.08. The predicted molar refractivity (Wildman–Crippen MR) is 53.5 cm³/mol. The molecule has 0 saturated carbocycles. The van der Waals surface area contributed by atoms with Gasteiger partial charge in [0.25, 0.3) is 0 Å². The van der Waals surface area contributed by atoms with Crippen molar-refractivity contribution in [3.8, 4) is 0 Å². The molecule has 1 rings (SSSR count). The molecule has 1 unspecified atom stereocenters. The van der Waals surface area contributed by atoms with Crippen LogP contribution in [0, 0.1) is 5.92 Å². The first kappa shape index (κ1) is 10.7. The summed E-state index contributed by atoms with van der Waals surface area (Å²) in [4.78, 5) is 13.5. The highest BCUT2D eigenvalue weighted by Crippen LogP contribution is 2.19. The van der Waals surface area contributed by atoms with Gasteiger partial charge in [-0.15, -0.1) is 0 Å². The third-order valence-electron chi connectivity index (χ3n) is 3.06. The molecule has 1 saturated heterocycles. The Labute approximate surface area is 80.3 Å². The molecule has 0 aliphatic carbocycles. The normalized spacial score (nSPS) is 23.0. The molecule has 1 fully saturated rings. The van der Waals surface area contributed by atoms with E-state index in [-0.39, 0.29) is 11.8 Å². The van der Waals surface area contributed by atoms with E-state index in [1.54, 1.807) is 6.92 Å². The molecular formula is C10H20N2O. The lowest BCUT2D eigenvalue weighted by molar-refractivity contribution is -0.119. The zero-order valence-electron chi connectivity index (χ0n) is 8.62. The Morgan fingerprint density at radius 3 is 2.46 bits per heavy atom. The monoisotopic (exact) mass is 184 g/mol. The zero-order valence-corrected chi connectivity index (χ0v) is 8.62. The van der Waals surface area contributed by atoms with Crippen LogP contribution < -0.4 is 5.73 Å². The Morgan fingerprint density at radius 1 is 1.54 bits per heavy atom. The molecule has 2 N–H and O–H groups in total. The molecule has 0 aromatic carbocycles. The number of hydrogen-bond donors (Lipinski definition) is 1. The van der Waals surface area contributed by atoms with Gasteiger partial charge in [0.1, 0.15) is 5.78 Å². The third-order valence-corrected chi connectivity index (χ3v) is 3.06. The van der Waals surface area contributed by atoms with E-state index in [9.17, 15) is 4.79 Å². The molecule has 1 atom stereocenters. The molecule has 1 aliphatic heterocycles. The summed E-state index contributed by atoms with van der Waals surface area (Å²) >= 11 is 0. The van der Waals surface area contributed by atoms with E-state index >= 15 is 0 Å². The average molecular weight is 184 g/mol. The number of likely N-dealkylation sites (tertiary alicyclic amines) is 1. The summed E-state index contributed by atoms with van der Waals surface area (Å²) in [7, 11) is 0. The lowest BCUT2D eigenvalue weighted by Crippen LogP contribution is -2.43. The first-order valence-corrected chi connectivity index (χ1v) is 5.13. The largest absolute Gasteiger partial charge is 0.321 e. The molecule has 0 amide bonds. The molecule has 1 aliphatic rings. The van der Waals surface area contributed by atoms with E-state index in [4.69, 9.17) is 5.73 Å². The number of rotatable bonds is 3. The van der Waals surface area contributed by atoms with Crippen LogP contribution in [0.5, 0.6) is 0 Å². The minimum absolute atomic E-state index is 0.134. The Balaban J connectivity index is 2.36. The SMILES string of the molecule is CCN1CCC(C(N)C(C)=O)CC1. The van der Waals surface area contributed by atoms with Crippen molar-refractivity contribution in [3.05, 3.63) is 0 Å². The maximum absolute atomic E-state index is 11.1. The fourth-order valence-electron chi connectivity index (χ4n) is 1.96. The molecular weight excluding hydrogens is 164 g/mol. The van der Waals surface area contributed by atoms with Gasteiger partial charge in [0, 0.05) is 0 Å². The van der Waals surface area contributed by atoms with Gasteiger partial charge in [-0.25, -0.2) is 0 Å². The van der Waals surface area contributed by atoms with Crippen LogP contribution in [0.3, 0.4) is 0 Å². The summed E-state index contributed by atoms with van der Waals surface area (Å²) in [5.74, 6) is 0.551. The summed E-state index contributed by atoms with van der Waals surface area (Å²) in [6, 6.07) is -0.223. The molecule has 1 heterocycles. The van der Waals surface area contributed by atoms with Gasteiger partial charge >= 0.3 is 0 Å². The van der Waals surface area contributed by atoms with E-state index in [0.29, 0.717) is 5.92 Å². The maximum Gasteiger partial charge on any atom is 0.146 e. The molecule has 0 bridgehead atoms. The van der Waals surface area contributed by atoms with E-state index in [1.165, 1.54) is 0 Å². The van der Waals surface area contributed by atoms with Crippen LogP contribution in [-0.2, 0) is 4.79 Å². The van der Waals surface area contributed by atoms with E-state index < -0.39 is 0 Å². The molecule has 0 aromatic rings. The van der Waals surface area contributed by atoms with Gasteiger partial charge in [-0.3, -0.25) is 4.79 Å². The first-order chi connectivity index (χ1) is 6.15. The number of piperidine rings is 1. The van der Waals surface area contributed by atoms with Crippen molar-refractivity contribution in [1.29, 1.82) is 0 Å². The molecule has 13 heavy (non-hydrogen) atoms. The maximum atomic E-state index is 11.1. The Morgan fingerprint density at radius 2 is 2.08 bits per heavy atom. The highest BCUT2D eigenvalue weighted by Gasteiger charge is 2.25. The van der Waals surface area contributed by atoms with Gasteiger partial charge in [0.2, 0.25) is 0 Å². The smallest absolute Gasteiger partial charge is 0.146 e. The number of nitrogens with zero attached hydrogens (tertiary/aromatic N) is 1. The number of hydrogen-bond acceptors (Lipinski definition) is 3. The van der Waals surface area contributed by atoms with E-state index in [0.717, 1.165) is 32.5 Å². The lowest BCUT2D eigenvalue weighted by Gasteiger charge is -2.33. The third kappa shape index (κ3) is 2.78. The number of Topliss-reactive ketones (excluding diaryl/α,β-unsaturated/α-hetero) is 1. The summed E-state index contributed by atoms with van der Waals surface area (Å²) < 4.78 is 0. The van der Waals surface area contributed by atoms with Gasteiger partial charge in [-0.05, 0) is 45.3 Å². The van der Waals surface area contributed by atoms with Crippen molar-refractivity contribution in [1.82, 2.24) is 4.90 Å². The van der Waals surface area contributed by atoms with Gasteiger partial charge in [0.05, 0.1) is 6.04 Å². The van der Waals surface area contributed by atoms with Crippen LogP contribution in [0.15, 0.2) is 0 Å². The van der Waals surface area contributed by atoms with Crippen molar-refractivity contribution in [2.45, 2.75) is 32.7 Å². The second-order valence-electron chi connectivity index (χ2n) is 3.91. The molecule has 0 spiro atoms. The summed E-state index contributed by atoms with van der Waals surface area (Å²) in [5, 5.41) is 0. The average Bonchev–Trinajstić information content (AvgIpc) is 2.17. The molecule has 76 valence electrons. The van der Waals surface area contributed by atoms with E-state index in [2.05, 4.69) is 11.8 Å². The summed E-state index contributed by atoms with van der Waals surface area (Å²) in [6.07, 6.45) is 2.16. The zero-order chi connectivity index (χ0) is 9.84. The fourth-order valence-corrected chi connectivity index (χ4v) is 1.96. The number of nitrogens with two attached hydrogens (primary N) is 1. The second kappa shape index (κ2) is 4.72. The van der Waals surface area contributed by atoms with Crippen LogP contribution in [0.1, 0.15) is 26.7 Å².